The average molecular weight is 407 g/mol. The fraction of sp³-hybridized carbons (Fsp3) is 0.500. The molecule has 10 heteroatoms. The van der Waals surface area contributed by atoms with Crippen LogP contribution in [0.4, 0.5) is 0 Å². The van der Waals surface area contributed by atoms with Crippen molar-refractivity contribution < 1.29 is 17.9 Å². The molecule has 2 heterocycles. The maximum atomic E-state index is 12.7. The van der Waals surface area contributed by atoms with Gasteiger partial charge in [-0.2, -0.15) is 19.3 Å². The Balaban J connectivity index is 1.68. The lowest BCUT2D eigenvalue weighted by Gasteiger charge is -2.26. The van der Waals surface area contributed by atoms with Gasteiger partial charge in [0.2, 0.25) is 10.0 Å². The zero-order chi connectivity index (χ0) is 20.1. The van der Waals surface area contributed by atoms with Crippen LogP contribution in [0.15, 0.2) is 41.6 Å². The van der Waals surface area contributed by atoms with E-state index in [4.69, 9.17) is 4.74 Å². The second-order valence-corrected chi connectivity index (χ2v) is 8.89. The van der Waals surface area contributed by atoms with Gasteiger partial charge in [-0.05, 0) is 30.2 Å². The minimum Gasteiger partial charge on any atom is -0.379 e. The van der Waals surface area contributed by atoms with Crippen LogP contribution in [0.25, 0.3) is 0 Å². The first-order chi connectivity index (χ1) is 13.4. The van der Waals surface area contributed by atoms with E-state index in [9.17, 15) is 13.2 Å². The quantitative estimate of drug-likeness (QED) is 0.726. The molecule has 1 aliphatic heterocycles. The molecule has 1 N–H and O–H groups in total. The number of sulfonamides is 1. The van der Waals surface area contributed by atoms with Gasteiger partial charge in [0, 0.05) is 18.7 Å². The van der Waals surface area contributed by atoms with Crippen LogP contribution in [-0.2, 0) is 21.3 Å². The Hall–Kier alpha value is -2.30. The minimum atomic E-state index is -3.57. The highest BCUT2D eigenvalue weighted by Crippen LogP contribution is 2.18. The second kappa shape index (κ2) is 8.80. The van der Waals surface area contributed by atoms with E-state index in [1.807, 2.05) is 13.8 Å². The molecule has 1 amide bonds. The lowest BCUT2D eigenvalue weighted by atomic mass is 10.0. The molecule has 1 atom stereocenters. The van der Waals surface area contributed by atoms with Crippen LogP contribution in [0.5, 0.6) is 0 Å². The largest absolute Gasteiger partial charge is 0.379 e. The summed E-state index contributed by atoms with van der Waals surface area (Å²) in [4.78, 5) is 14.3. The number of aromatic nitrogens is 3. The number of morpholine rings is 1. The highest BCUT2D eigenvalue weighted by atomic mass is 32.2. The number of carbonyl (C=O) groups is 1. The summed E-state index contributed by atoms with van der Waals surface area (Å²) in [6, 6.07) is 5.85. The molecule has 9 nitrogen and oxygen atoms in total. The Morgan fingerprint density at radius 1 is 1.14 bits per heavy atom. The third-order valence-electron chi connectivity index (χ3n) is 4.67. The highest BCUT2D eigenvalue weighted by molar-refractivity contribution is 7.89. The lowest BCUT2D eigenvalue weighted by molar-refractivity contribution is 0.0730. The fourth-order valence-electron chi connectivity index (χ4n) is 2.90. The molecule has 0 saturated carbocycles. The standard InChI is InChI=1S/C18H25N5O4S/c1-14(2)17(13-23-19-7-8-20-23)21-18(24)15-3-5-16(6-4-15)28(25,26)22-9-11-27-12-10-22/h3-8,14,17H,9-13H2,1-2H3,(H,21,24)/t17-/m1/s1. The predicted molar refractivity (Wildman–Crippen MR) is 102 cm³/mol. The maximum Gasteiger partial charge on any atom is 0.251 e. The van der Waals surface area contributed by atoms with E-state index in [-0.39, 0.29) is 22.8 Å². The zero-order valence-electron chi connectivity index (χ0n) is 16.0. The number of carbonyl (C=O) groups excluding carboxylic acids is 1. The Morgan fingerprint density at radius 3 is 2.32 bits per heavy atom. The molecule has 28 heavy (non-hydrogen) atoms. The SMILES string of the molecule is CC(C)[C@@H](Cn1nccn1)NC(=O)c1ccc(S(=O)(=O)N2CCOCC2)cc1. The summed E-state index contributed by atoms with van der Waals surface area (Å²) < 4.78 is 31.9. The third-order valence-corrected chi connectivity index (χ3v) is 6.59. The molecule has 1 aromatic heterocycles. The molecule has 152 valence electrons. The molecule has 3 rings (SSSR count). The van der Waals surface area contributed by atoms with Gasteiger partial charge in [0.25, 0.3) is 5.91 Å². The molecule has 0 spiro atoms. The smallest absolute Gasteiger partial charge is 0.251 e. The molecule has 0 unspecified atom stereocenters. The highest BCUT2D eigenvalue weighted by Gasteiger charge is 2.26. The van der Waals surface area contributed by atoms with Crippen molar-refractivity contribution in [3.05, 3.63) is 42.2 Å². The maximum absolute atomic E-state index is 12.7. The van der Waals surface area contributed by atoms with Crippen LogP contribution < -0.4 is 5.32 Å². The second-order valence-electron chi connectivity index (χ2n) is 6.95. The van der Waals surface area contributed by atoms with E-state index < -0.39 is 10.0 Å². The van der Waals surface area contributed by atoms with E-state index in [0.29, 0.717) is 38.4 Å². The first-order valence-electron chi connectivity index (χ1n) is 9.21. The summed E-state index contributed by atoms with van der Waals surface area (Å²) in [6.07, 6.45) is 3.18. The number of nitrogens with one attached hydrogen (secondary N) is 1. The number of hydrogen-bond donors (Lipinski definition) is 1. The topological polar surface area (TPSA) is 106 Å². The summed E-state index contributed by atoms with van der Waals surface area (Å²) in [6.45, 7) is 5.92. The van der Waals surface area contributed by atoms with Crippen LogP contribution in [0.1, 0.15) is 24.2 Å². The number of hydrogen-bond acceptors (Lipinski definition) is 6. The number of nitrogens with zero attached hydrogens (tertiary/aromatic N) is 4. The first kappa shape index (κ1) is 20.4. The Kier molecular flexibility index (Phi) is 6.42. The van der Waals surface area contributed by atoms with Crippen LogP contribution in [0.3, 0.4) is 0 Å². The molecular weight excluding hydrogens is 382 g/mol. The van der Waals surface area contributed by atoms with Gasteiger partial charge in [-0.3, -0.25) is 4.79 Å². The molecular formula is C18H25N5O4S. The zero-order valence-corrected chi connectivity index (χ0v) is 16.8. The molecule has 1 aliphatic rings. The number of ether oxygens (including phenoxy) is 1. The summed E-state index contributed by atoms with van der Waals surface area (Å²) in [5.74, 6) is -0.0860. The third kappa shape index (κ3) is 4.75. The van der Waals surface area contributed by atoms with Gasteiger partial charge < -0.3 is 10.1 Å². The number of benzene rings is 1. The van der Waals surface area contributed by atoms with Gasteiger partial charge in [0.1, 0.15) is 0 Å². The number of rotatable bonds is 7. The molecule has 0 radical (unpaired) electrons. The molecule has 1 aromatic carbocycles. The van der Waals surface area contributed by atoms with E-state index in [1.165, 1.54) is 33.4 Å². The van der Waals surface area contributed by atoms with E-state index in [1.54, 1.807) is 12.4 Å². The van der Waals surface area contributed by atoms with Gasteiger partial charge >= 0.3 is 0 Å². The van der Waals surface area contributed by atoms with E-state index in [0.717, 1.165) is 0 Å². The minimum absolute atomic E-state index is 0.156. The van der Waals surface area contributed by atoms with Crippen molar-refractivity contribution in [1.82, 2.24) is 24.6 Å². The monoisotopic (exact) mass is 407 g/mol. The van der Waals surface area contributed by atoms with Crippen molar-refractivity contribution in [3.8, 4) is 0 Å². The summed E-state index contributed by atoms with van der Waals surface area (Å²) in [5.41, 5.74) is 0.403. The fourth-order valence-corrected chi connectivity index (χ4v) is 4.31. The van der Waals surface area contributed by atoms with Crippen molar-refractivity contribution >= 4 is 15.9 Å². The van der Waals surface area contributed by atoms with Crippen LogP contribution in [-0.4, -0.2) is 66.0 Å². The van der Waals surface area contributed by atoms with Crippen molar-refractivity contribution in [1.29, 1.82) is 0 Å². The van der Waals surface area contributed by atoms with Crippen LogP contribution >= 0.6 is 0 Å². The normalized spacial score (nSPS) is 16.8. The summed E-state index contributed by atoms with van der Waals surface area (Å²) >= 11 is 0. The lowest BCUT2D eigenvalue weighted by Crippen LogP contribution is -2.42. The molecule has 2 aromatic rings. The van der Waals surface area contributed by atoms with E-state index in [2.05, 4.69) is 15.5 Å². The van der Waals surface area contributed by atoms with Gasteiger partial charge in [0.15, 0.2) is 0 Å². The van der Waals surface area contributed by atoms with Crippen LogP contribution in [0, 0.1) is 5.92 Å². The molecule has 1 fully saturated rings. The average Bonchev–Trinajstić information content (AvgIpc) is 3.21. The van der Waals surface area contributed by atoms with Crippen molar-refractivity contribution in [2.24, 2.45) is 5.92 Å². The first-order valence-corrected chi connectivity index (χ1v) is 10.6. The predicted octanol–water partition coefficient (Wildman–Crippen LogP) is 0.754. The van der Waals surface area contributed by atoms with Gasteiger partial charge in [0.05, 0.1) is 43.1 Å². The Labute approximate surface area is 164 Å². The van der Waals surface area contributed by atoms with E-state index >= 15 is 0 Å². The van der Waals surface area contributed by atoms with Crippen molar-refractivity contribution in [2.75, 3.05) is 26.3 Å². The molecule has 1 saturated heterocycles. The van der Waals surface area contributed by atoms with Gasteiger partial charge in [-0.25, -0.2) is 8.42 Å². The molecule has 0 aliphatic carbocycles. The van der Waals surface area contributed by atoms with Crippen molar-refractivity contribution in [3.63, 3.8) is 0 Å². The van der Waals surface area contributed by atoms with Gasteiger partial charge in [-0.15, -0.1) is 0 Å². The van der Waals surface area contributed by atoms with Gasteiger partial charge in [-0.1, -0.05) is 13.8 Å². The number of amides is 1. The Morgan fingerprint density at radius 2 is 1.75 bits per heavy atom. The molecule has 0 bridgehead atoms. The summed E-state index contributed by atoms with van der Waals surface area (Å²) in [7, 11) is -3.57. The summed E-state index contributed by atoms with van der Waals surface area (Å²) in [5, 5.41) is 11.1. The van der Waals surface area contributed by atoms with Crippen molar-refractivity contribution in [2.45, 2.75) is 31.3 Å². The van der Waals surface area contributed by atoms with Crippen LogP contribution in [0.2, 0.25) is 0 Å². The Bertz CT molecular complexity index is 875.